The first-order chi connectivity index (χ1) is 7.60. The van der Waals surface area contributed by atoms with Crippen molar-refractivity contribution in [1.29, 1.82) is 0 Å². The van der Waals surface area contributed by atoms with E-state index in [0.717, 1.165) is 18.7 Å². The average molecular weight is 246 g/mol. The van der Waals surface area contributed by atoms with Crippen LogP contribution in [0, 0.1) is 0 Å². The highest BCUT2D eigenvalue weighted by Gasteiger charge is 2.42. The molecular formula is C10H22N2O3Si. The Hall–Kier alpha value is -0.273. The van der Waals surface area contributed by atoms with E-state index in [9.17, 15) is 0 Å². The molecule has 0 N–H and O–H groups in total. The first-order valence-corrected chi connectivity index (χ1v) is 7.46. The Morgan fingerprint density at radius 1 is 1.31 bits per heavy atom. The SMILES string of the molecule is CCC1N=C(C)CN1C[Si](OC)(OC)OC. The lowest BCUT2D eigenvalue weighted by molar-refractivity contribution is 0.0992. The highest BCUT2D eigenvalue weighted by atomic mass is 28.4. The molecule has 0 bridgehead atoms. The number of hydrogen-bond donors (Lipinski definition) is 0. The molecule has 1 aliphatic rings. The van der Waals surface area contributed by atoms with Crippen molar-refractivity contribution in [2.24, 2.45) is 4.99 Å². The Kier molecular flexibility index (Phi) is 5.07. The van der Waals surface area contributed by atoms with Gasteiger partial charge in [-0.15, -0.1) is 0 Å². The monoisotopic (exact) mass is 246 g/mol. The van der Waals surface area contributed by atoms with Crippen molar-refractivity contribution in [2.75, 3.05) is 34.0 Å². The summed E-state index contributed by atoms with van der Waals surface area (Å²) >= 11 is 0. The maximum atomic E-state index is 5.43. The number of nitrogens with zero attached hydrogens (tertiary/aromatic N) is 2. The van der Waals surface area contributed by atoms with E-state index in [1.807, 2.05) is 0 Å². The molecule has 0 fully saturated rings. The van der Waals surface area contributed by atoms with Crippen LogP contribution in [0.1, 0.15) is 20.3 Å². The van der Waals surface area contributed by atoms with Crippen molar-refractivity contribution in [2.45, 2.75) is 26.4 Å². The minimum Gasteiger partial charge on any atom is -0.376 e. The van der Waals surface area contributed by atoms with E-state index < -0.39 is 8.80 Å². The van der Waals surface area contributed by atoms with Crippen molar-refractivity contribution in [1.82, 2.24) is 4.90 Å². The van der Waals surface area contributed by atoms with Gasteiger partial charge in [0.1, 0.15) is 6.17 Å². The van der Waals surface area contributed by atoms with E-state index >= 15 is 0 Å². The Morgan fingerprint density at radius 3 is 2.31 bits per heavy atom. The predicted molar refractivity (Wildman–Crippen MR) is 65.5 cm³/mol. The summed E-state index contributed by atoms with van der Waals surface area (Å²) in [4.78, 5) is 6.84. The third kappa shape index (κ3) is 2.89. The molecule has 0 radical (unpaired) electrons. The van der Waals surface area contributed by atoms with Crippen molar-refractivity contribution in [3.8, 4) is 0 Å². The molecule has 1 rings (SSSR count). The van der Waals surface area contributed by atoms with Gasteiger partial charge in [0.15, 0.2) is 0 Å². The highest BCUT2D eigenvalue weighted by Crippen LogP contribution is 2.18. The van der Waals surface area contributed by atoms with Crippen LogP contribution in [0.4, 0.5) is 0 Å². The first-order valence-electron chi connectivity index (χ1n) is 5.53. The van der Waals surface area contributed by atoms with Gasteiger partial charge < -0.3 is 13.3 Å². The van der Waals surface area contributed by atoms with E-state index in [1.54, 1.807) is 21.3 Å². The summed E-state index contributed by atoms with van der Waals surface area (Å²) in [7, 11) is 2.41. The van der Waals surface area contributed by atoms with Crippen LogP contribution < -0.4 is 0 Å². The number of rotatable bonds is 6. The van der Waals surface area contributed by atoms with E-state index in [2.05, 4.69) is 23.7 Å². The lowest BCUT2D eigenvalue weighted by Gasteiger charge is -2.31. The zero-order valence-electron chi connectivity index (χ0n) is 10.8. The molecular weight excluding hydrogens is 224 g/mol. The number of aliphatic imine (C=N–C) groups is 1. The molecule has 0 aromatic rings. The van der Waals surface area contributed by atoms with Gasteiger partial charge in [0, 0.05) is 33.6 Å². The van der Waals surface area contributed by atoms with E-state index in [1.165, 1.54) is 0 Å². The van der Waals surface area contributed by atoms with E-state index in [-0.39, 0.29) is 6.17 Å². The maximum absolute atomic E-state index is 5.43. The van der Waals surface area contributed by atoms with Crippen LogP contribution in [-0.4, -0.2) is 59.6 Å². The van der Waals surface area contributed by atoms with Crippen LogP contribution in [0.15, 0.2) is 4.99 Å². The van der Waals surface area contributed by atoms with Crippen LogP contribution >= 0.6 is 0 Å². The predicted octanol–water partition coefficient (Wildman–Crippen LogP) is 0.916. The Balaban J connectivity index is 2.66. The molecule has 16 heavy (non-hydrogen) atoms. The molecule has 0 saturated heterocycles. The third-order valence-corrected chi connectivity index (χ3v) is 5.58. The van der Waals surface area contributed by atoms with Crippen LogP contribution in [0.2, 0.25) is 0 Å². The number of hydrogen-bond acceptors (Lipinski definition) is 5. The normalized spacial score (nSPS) is 22.6. The summed E-state index contributed by atoms with van der Waals surface area (Å²) in [6.07, 6.45) is 1.93. The Morgan fingerprint density at radius 2 is 1.88 bits per heavy atom. The average Bonchev–Trinajstić information content (AvgIpc) is 2.66. The molecule has 0 spiro atoms. The maximum Gasteiger partial charge on any atom is 0.515 e. The summed E-state index contributed by atoms with van der Waals surface area (Å²) in [5.74, 6) is 0. The second-order valence-electron chi connectivity index (χ2n) is 3.95. The van der Waals surface area contributed by atoms with Crippen molar-refractivity contribution in [3.05, 3.63) is 0 Å². The highest BCUT2D eigenvalue weighted by molar-refractivity contribution is 6.60. The summed E-state index contributed by atoms with van der Waals surface area (Å²) in [6.45, 7) is 5.07. The van der Waals surface area contributed by atoms with Gasteiger partial charge in [-0.2, -0.15) is 0 Å². The molecule has 1 unspecified atom stereocenters. The first kappa shape index (κ1) is 13.8. The second-order valence-corrected chi connectivity index (χ2v) is 6.86. The summed E-state index contributed by atoms with van der Waals surface area (Å²) < 4.78 is 16.3. The summed E-state index contributed by atoms with van der Waals surface area (Å²) in [5.41, 5.74) is 1.16. The van der Waals surface area contributed by atoms with Crippen LogP contribution in [0.5, 0.6) is 0 Å². The van der Waals surface area contributed by atoms with Crippen LogP contribution in [0.25, 0.3) is 0 Å². The quantitative estimate of drug-likeness (QED) is 0.654. The molecule has 1 heterocycles. The molecule has 6 heteroatoms. The van der Waals surface area contributed by atoms with Gasteiger partial charge in [-0.05, 0) is 13.3 Å². The van der Waals surface area contributed by atoms with Gasteiger partial charge in [0.2, 0.25) is 0 Å². The fraction of sp³-hybridized carbons (Fsp3) is 0.900. The molecule has 94 valence electrons. The van der Waals surface area contributed by atoms with Gasteiger partial charge in [-0.1, -0.05) is 6.92 Å². The lowest BCUT2D eigenvalue weighted by Crippen LogP contribution is -2.54. The molecule has 0 aliphatic carbocycles. The lowest BCUT2D eigenvalue weighted by atomic mass is 10.4. The standard InChI is InChI=1S/C10H22N2O3Si/c1-6-10-11-9(2)7-12(10)8-16(13-3,14-4)15-5/h10H,6-8H2,1-5H3. The van der Waals surface area contributed by atoms with Crippen LogP contribution in [-0.2, 0) is 13.3 Å². The fourth-order valence-electron chi connectivity index (χ4n) is 1.98. The zero-order valence-corrected chi connectivity index (χ0v) is 11.8. The van der Waals surface area contributed by atoms with E-state index in [0.29, 0.717) is 6.17 Å². The van der Waals surface area contributed by atoms with Crippen molar-refractivity contribution in [3.63, 3.8) is 0 Å². The molecule has 0 aromatic heterocycles. The smallest absolute Gasteiger partial charge is 0.376 e. The second kappa shape index (κ2) is 5.88. The van der Waals surface area contributed by atoms with Gasteiger partial charge >= 0.3 is 8.80 Å². The van der Waals surface area contributed by atoms with Gasteiger partial charge in [0.05, 0.1) is 6.17 Å². The van der Waals surface area contributed by atoms with Gasteiger partial charge in [-0.3, -0.25) is 9.89 Å². The van der Waals surface area contributed by atoms with Crippen molar-refractivity contribution >= 4 is 14.5 Å². The third-order valence-electron chi connectivity index (χ3n) is 2.92. The molecule has 0 amide bonds. The zero-order chi connectivity index (χ0) is 12.2. The van der Waals surface area contributed by atoms with E-state index in [4.69, 9.17) is 13.3 Å². The summed E-state index contributed by atoms with van der Waals surface area (Å²) in [5, 5.41) is 0. The largest absolute Gasteiger partial charge is 0.515 e. The van der Waals surface area contributed by atoms with Crippen LogP contribution in [0.3, 0.4) is 0 Å². The minimum atomic E-state index is -2.52. The Labute approximate surface area is 98.8 Å². The Bertz CT molecular complexity index is 248. The topological polar surface area (TPSA) is 43.3 Å². The minimum absolute atomic E-state index is 0.243. The molecule has 0 saturated carbocycles. The van der Waals surface area contributed by atoms with Gasteiger partial charge in [0.25, 0.3) is 0 Å². The summed E-state index contributed by atoms with van der Waals surface area (Å²) in [6, 6.07) is 0. The molecule has 5 nitrogen and oxygen atoms in total. The molecule has 1 aliphatic heterocycles. The molecule has 0 aromatic carbocycles. The van der Waals surface area contributed by atoms with Crippen molar-refractivity contribution < 1.29 is 13.3 Å². The van der Waals surface area contributed by atoms with Gasteiger partial charge in [-0.25, -0.2) is 0 Å². The fourth-order valence-corrected chi connectivity index (χ4v) is 3.69. The molecule has 1 atom stereocenters.